The summed E-state index contributed by atoms with van der Waals surface area (Å²) in [4.78, 5) is 16.1. The van der Waals surface area contributed by atoms with Crippen LogP contribution in [0, 0.1) is 5.92 Å². The van der Waals surface area contributed by atoms with Gasteiger partial charge < -0.3 is 20.7 Å². The fourth-order valence-electron chi connectivity index (χ4n) is 2.30. The number of nitrogens with one attached hydrogen (secondary N) is 1. The van der Waals surface area contributed by atoms with Gasteiger partial charge in [-0.15, -0.1) is 0 Å². The first-order valence-corrected chi connectivity index (χ1v) is 6.25. The highest BCUT2D eigenvalue weighted by Gasteiger charge is 2.30. The maximum atomic E-state index is 12.0. The minimum atomic E-state index is -0.469. The molecular weight excluding hydrogens is 232 g/mol. The number of amides is 1. The van der Waals surface area contributed by atoms with Gasteiger partial charge in [-0.2, -0.15) is 0 Å². The summed E-state index contributed by atoms with van der Waals surface area (Å²) in [5, 5.41) is 12.4. The largest absolute Gasteiger partial charge is 0.392 e. The molecule has 0 bridgehead atoms. The number of carbonyl (C=O) groups excluding carboxylic acids is 1. The first-order chi connectivity index (χ1) is 8.58. The molecule has 0 spiro atoms. The Morgan fingerprint density at radius 1 is 1.67 bits per heavy atom. The van der Waals surface area contributed by atoms with Gasteiger partial charge in [-0.3, -0.25) is 4.79 Å². The van der Waals surface area contributed by atoms with Crippen LogP contribution in [0.5, 0.6) is 0 Å². The van der Waals surface area contributed by atoms with Crippen LogP contribution in [0.4, 0.5) is 0 Å². The maximum Gasteiger partial charge on any atom is 0.223 e. The molecule has 0 aromatic carbocycles. The maximum absolute atomic E-state index is 12.0. The van der Waals surface area contributed by atoms with E-state index >= 15 is 0 Å². The summed E-state index contributed by atoms with van der Waals surface area (Å²) in [6.07, 6.45) is 4.92. The van der Waals surface area contributed by atoms with Crippen LogP contribution in [0.3, 0.4) is 0 Å². The van der Waals surface area contributed by atoms with Gasteiger partial charge in [-0.1, -0.05) is 0 Å². The van der Waals surface area contributed by atoms with Crippen LogP contribution in [0.15, 0.2) is 12.4 Å². The van der Waals surface area contributed by atoms with Crippen molar-refractivity contribution in [1.29, 1.82) is 0 Å². The summed E-state index contributed by atoms with van der Waals surface area (Å²) in [6.45, 7) is 0.427. The SMILES string of the molecule is Cn1ccnc1CNC(=O)[C@H]1CC[C@@H](O)[C@H](N)C1. The van der Waals surface area contributed by atoms with Crippen molar-refractivity contribution in [1.82, 2.24) is 14.9 Å². The third kappa shape index (κ3) is 2.88. The van der Waals surface area contributed by atoms with Gasteiger partial charge in [0, 0.05) is 31.4 Å². The molecule has 6 nitrogen and oxygen atoms in total. The summed E-state index contributed by atoms with van der Waals surface area (Å²) < 4.78 is 1.87. The quantitative estimate of drug-likeness (QED) is 0.677. The van der Waals surface area contributed by atoms with E-state index in [1.54, 1.807) is 6.20 Å². The molecule has 0 aliphatic heterocycles. The minimum absolute atomic E-state index is 0.000324. The highest BCUT2D eigenvalue weighted by atomic mass is 16.3. The van der Waals surface area contributed by atoms with Crippen molar-refractivity contribution >= 4 is 5.91 Å². The number of aromatic nitrogens is 2. The van der Waals surface area contributed by atoms with Crippen LogP contribution >= 0.6 is 0 Å². The lowest BCUT2D eigenvalue weighted by atomic mass is 9.84. The van der Waals surface area contributed by atoms with Crippen molar-refractivity contribution in [3.05, 3.63) is 18.2 Å². The molecule has 4 N–H and O–H groups in total. The van der Waals surface area contributed by atoms with Crippen molar-refractivity contribution in [2.24, 2.45) is 18.7 Å². The molecule has 1 aromatic heterocycles. The van der Waals surface area contributed by atoms with Gasteiger partial charge in [0.15, 0.2) is 0 Å². The molecule has 100 valence electrons. The molecule has 0 radical (unpaired) electrons. The lowest BCUT2D eigenvalue weighted by Gasteiger charge is -2.29. The van der Waals surface area contributed by atoms with Crippen LogP contribution in [0.25, 0.3) is 0 Å². The van der Waals surface area contributed by atoms with Crippen LogP contribution in [-0.2, 0) is 18.4 Å². The Balaban J connectivity index is 1.83. The number of nitrogens with zero attached hydrogens (tertiary/aromatic N) is 2. The van der Waals surface area contributed by atoms with E-state index in [-0.39, 0.29) is 17.9 Å². The fourth-order valence-corrected chi connectivity index (χ4v) is 2.30. The topological polar surface area (TPSA) is 93.2 Å². The van der Waals surface area contributed by atoms with E-state index in [9.17, 15) is 9.90 Å². The van der Waals surface area contributed by atoms with Crippen LogP contribution in [-0.4, -0.2) is 32.7 Å². The zero-order valence-electron chi connectivity index (χ0n) is 10.5. The fraction of sp³-hybridized carbons (Fsp3) is 0.667. The molecule has 1 saturated carbocycles. The summed E-state index contributed by atoms with van der Waals surface area (Å²) in [5.74, 6) is 0.729. The summed E-state index contributed by atoms with van der Waals surface area (Å²) in [7, 11) is 1.89. The zero-order chi connectivity index (χ0) is 13.1. The lowest BCUT2D eigenvalue weighted by molar-refractivity contribution is -0.127. The second kappa shape index (κ2) is 5.49. The number of hydrogen-bond acceptors (Lipinski definition) is 4. The van der Waals surface area contributed by atoms with E-state index in [0.29, 0.717) is 25.8 Å². The predicted octanol–water partition coefficient (Wildman–Crippen LogP) is -0.475. The highest BCUT2D eigenvalue weighted by Crippen LogP contribution is 2.23. The van der Waals surface area contributed by atoms with Gasteiger partial charge in [0.25, 0.3) is 0 Å². The highest BCUT2D eigenvalue weighted by molar-refractivity contribution is 5.78. The van der Waals surface area contributed by atoms with Gasteiger partial charge in [-0.05, 0) is 19.3 Å². The zero-order valence-corrected chi connectivity index (χ0v) is 10.5. The average Bonchev–Trinajstić information content (AvgIpc) is 2.75. The van der Waals surface area contributed by atoms with Gasteiger partial charge in [0.1, 0.15) is 5.82 Å². The molecule has 6 heteroatoms. The molecule has 2 rings (SSSR count). The first-order valence-electron chi connectivity index (χ1n) is 6.25. The molecule has 1 aromatic rings. The van der Waals surface area contributed by atoms with Crippen LogP contribution in [0.1, 0.15) is 25.1 Å². The molecule has 1 amide bonds. The number of carbonyl (C=O) groups is 1. The number of aliphatic hydroxyl groups is 1. The smallest absolute Gasteiger partial charge is 0.223 e. The number of aliphatic hydroxyl groups excluding tert-OH is 1. The van der Waals surface area contributed by atoms with Gasteiger partial charge in [0.05, 0.1) is 12.6 Å². The lowest BCUT2D eigenvalue weighted by Crippen LogP contribution is -2.44. The van der Waals surface area contributed by atoms with Crippen LogP contribution in [0.2, 0.25) is 0 Å². The van der Waals surface area contributed by atoms with E-state index in [2.05, 4.69) is 10.3 Å². The molecule has 0 saturated heterocycles. The summed E-state index contributed by atoms with van der Waals surface area (Å²) in [5.41, 5.74) is 5.77. The van der Waals surface area contributed by atoms with Crippen molar-refractivity contribution in [3.63, 3.8) is 0 Å². The molecule has 1 fully saturated rings. The first kappa shape index (κ1) is 13.0. The van der Waals surface area contributed by atoms with Gasteiger partial charge in [0.2, 0.25) is 5.91 Å². The Kier molecular flexibility index (Phi) is 3.98. The van der Waals surface area contributed by atoms with Crippen molar-refractivity contribution in [3.8, 4) is 0 Å². The minimum Gasteiger partial charge on any atom is -0.392 e. The number of hydrogen-bond donors (Lipinski definition) is 3. The molecular formula is C12H20N4O2. The number of nitrogens with two attached hydrogens (primary N) is 1. The molecule has 1 heterocycles. The van der Waals surface area contributed by atoms with Crippen LogP contribution < -0.4 is 11.1 Å². The van der Waals surface area contributed by atoms with Crippen molar-refractivity contribution < 1.29 is 9.90 Å². The number of aryl methyl sites for hydroxylation is 1. The van der Waals surface area contributed by atoms with E-state index in [1.807, 2.05) is 17.8 Å². The Morgan fingerprint density at radius 2 is 2.44 bits per heavy atom. The third-order valence-electron chi connectivity index (χ3n) is 3.57. The van der Waals surface area contributed by atoms with Crippen molar-refractivity contribution in [2.45, 2.75) is 38.0 Å². The second-order valence-corrected chi connectivity index (χ2v) is 4.91. The molecule has 1 aliphatic carbocycles. The Bertz CT molecular complexity index is 418. The summed E-state index contributed by atoms with van der Waals surface area (Å²) in [6, 6.07) is -0.289. The monoisotopic (exact) mass is 252 g/mol. The normalized spacial score (nSPS) is 28.1. The number of imidazole rings is 1. The second-order valence-electron chi connectivity index (χ2n) is 4.91. The Hall–Kier alpha value is -1.40. The van der Waals surface area contributed by atoms with E-state index in [4.69, 9.17) is 5.73 Å². The molecule has 18 heavy (non-hydrogen) atoms. The molecule has 3 atom stereocenters. The predicted molar refractivity (Wildman–Crippen MR) is 66.4 cm³/mol. The van der Waals surface area contributed by atoms with Gasteiger partial charge in [-0.25, -0.2) is 4.98 Å². The van der Waals surface area contributed by atoms with E-state index in [1.165, 1.54) is 0 Å². The van der Waals surface area contributed by atoms with Gasteiger partial charge >= 0.3 is 0 Å². The molecule has 1 aliphatic rings. The summed E-state index contributed by atoms with van der Waals surface area (Å²) >= 11 is 0. The van der Waals surface area contributed by atoms with E-state index in [0.717, 1.165) is 5.82 Å². The standard InChI is InChI=1S/C12H20N4O2/c1-16-5-4-14-11(16)7-15-12(18)8-2-3-10(17)9(13)6-8/h4-5,8-10,17H,2-3,6-7,13H2,1H3,(H,15,18)/t8-,9+,10+/m0/s1. The van der Waals surface area contributed by atoms with E-state index < -0.39 is 6.10 Å². The Labute approximate surface area is 106 Å². The third-order valence-corrected chi connectivity index (χ3v) is 3.57. The Morgan fingerprint density at radius 3 is 3.06 bits per heavy atom. The molecule has 0 unspecified atom stereocenters. The van der Waals surface area contributed by atoms with Crippen molar-refractivity contribution in [2.75, 3.05) is 0 Å². The average molecular weight is 252 g/mol. The number of rotatable bonds is 3.